The van der Waals surface area contributed by atoms with Crippen molar-refractivity contribution >= 4 is 17.6 Å². The summed E-state index contributed by atoms with van der Waals surface area (Å²) in [6.07, 6.45) is 0.960. The maximum atomic E-state index is 12.2. The molecule has 1 aliphatic rings. The summed E-state index contributed by atoms with van der Waals surface area (Å²) >= 11 is 0. The van der Waals surface area contributed by atoms with Crippen LogP contribution in [0.5, 0.6) is 0 Å². The summed E-state index contributed by atoms with van der Waals surface area (Å²) < 4.78 is 0. The SMILES string of the molecule is CCN(CC)C(=O)Nc1ccc([C@H](C)NC(=O)[C@@H]2CC2(C)C)cc1. The zero-order chi connectivity index (χ0) is 17.9. The number of hydrogen-bond acceptors (Lipinski definition) is 2. The van der Waals surface area contributed by atoms with E-state index in [0.29, 0.717) is 13.1 Å². The van der Waals surface area contributed by atoms with Gasteiger partial charge < -0.3 is 15.5 Å². The Labute approximate surface area is 144 Å². The van der Waals surface area contributed by atoms with Gasteiger partial charge in [-0.1, -0.05) is 26.0 Å². The van der Waals surface area contributed by atoms with E-state index in [2.05, 4.69) is 24.5 Å². The molecule has 0 heterocycles. The molecule has 5 heteroatoms. The Bertz CT molecular complexity index is 591. The molecule has 0 unspecified atom stereocenters. The molecule has 0 spiro atoms. The van der Waals surface area contributed by atoms with Gasteiger partial charge in [-0.3, -0.25) is 4.79 Å². The van der Waals surface area contributed by atoms with Gasteiger partial charge in [-0.05, 0) is 50.3 Å². The molecule has 3 amide bonds. The van der Waals surface area contributed by atoms with Gasteiger partial charge in [-0.25, -0.2) is 4.79 Å². The van der Waals surface area contributed by atoms with Crippen molar-refractivity contribution in [2.45, 2.75) is 47.1 Å². The quantitative estimate of drug-likeness (QED) is 0.833. The molecule has 0 aliphatic heterocycles. The number of carbonyl (C=O) groups excluding carboxylic acids is 2. The number of nitrogens with one attached hydrogen (secondary N) is 2. The lowest BCUT2D eigenvalue weighted by molar-refractivity contribution is -0.123. The standard InChI is InChI=1S/C19H29N3O2/c1-6-22(7-2)18(24)21-15-10-8-14(9-11-15)13(3)20-17(23)16-12-19(16,4)5/h8-11,13,16H,6-7,12H2,1-5H3,(H,20,23)(H,21,24)/t13-,16-/m0/s1. The predicted octanol–water partition coefficient (Wildman–Crippen LogP) is 3.78. The van der Waals surface area contributed by atoms with Crippen LogP contribution in [0.3, 0.4) is 0 Å². The fourth-order valence-corrected chi connectivity index (χ4v) is 2.88. The molecule has 0 radical (unpaired) electrons. The van der Waals surface area contributed by atoms with Crippen molar-refractivity contribution in [2.75, 3.05) is 18.4 Å². The number of nitrogens with zero attached hydrogens (tertiary/aromatic N) is 1. The van der Waals surface area contributed by atoms with Crippen LogP contribution in [0.25, 0.3) is 0 Å². The van der Waals surface area contributed by atoms with E-state index in [4.69, 9.17) is 0 Å². The monoisotopic (exact) mass is 331 g/mol. The second-order valence-electron chi connectivity index (χ2n) is 7.20. The molecule has 2 atom stereocenters. The minimum Gasteiger partial charge on any atom is -0.349 e. The molecule has 5 nitrogen and oxygen atoms in total. The number of carbonyl (C=O) groups is 2. The van der Waals surface area contributed by atoms with Gasteiger partial charge in [0.2, 0.25) is 5.91 Å². The van der Waals surface area contributed by atoms with Gasteiger partial charge in [0, 0.05) is 24.7 Å². The Balaban J connectivity index is 1.91. The van der Waals surface area contributed by atoms with Gasteiger partial charge in [0.05, 0.1) is 6.04 Å². The first-order chi connectivity index (χ1) is 11.3. The predicted molar refractivity (Wildman–Crippen MR) is 96.8 cm³/mol. The second kappa shape index (κ2) is 7.24. The van der Waals surface area contributed by atoms with E-state index in [9.17, 15) is 9.59 Å². The van der Waals surface area contributed by atoms with E-state index < -0.39 is 0 Å². The summed E-state index contributed by atoms with van der Waals surface area (Å²) in [7, 11) is 0. The van der Waals surface area contributed by atoms with E-state index >= 15 is 0 Å². The van der Waals surface area contributed by atoms with Gasteiger partial charge in [-0.2, -0.15) is 0 Å². The highest BCUT2D eigenvalue weighted by molar-refractivity contribution is 5.89. The van der Waals surface area contributed by atoms with Gasteiger partial charge in [0.1, 0.15) is 0 Å². The maximum absolute atomic E-state index is 12.2. The van der Waals surface area contributed by atoms with Crippen molar-refractivity contribution in [2.24, 2.45) is 11.3 Å². The lowest BCUT2D eigenvalue weighted by atomic mass is 10.1. The molecule has 0 saturated heterocycles. The van der Waals surface area contributed by atoms with Crippen LogP contribution in [-0.4, -0.2) is 29.9 Å². The second-order valence-corrected chi connectivity index (χ2v) is 7.20. The van der Waals surface area contributed by atoms with Crippen LogP contribution >= 0.6 is 0 Å². The Hall–Kier alpha value is -2.04. The smallest absolute Gasteiger partial charge is 0.321 e. The molecule has 1 aliphatic carbocycles. The molecule has 0 aromatic heterocycles. The zero-order valence-corrected chi connectivity index (χ0v) is 15.3. The van der Waals surface area contributed by atoms with Gasteiger partial charge in [0.25, 0.3) is 0 Å². The summed E-state index contributed by atoms with van der Waals surface area (Å²) in [5, 5.41) is 5.97. The van der Waals surface area contributed by atoms with E-state index in [1.54, 1.807) is 4.90 Å². The van der Waals surface area contributed by atoms with Crippen molar-refractivity contribution in [3.63, 3.8) is 0 Å². The molecule has 2 rings (SSSR count). The van der Waals surface area contributed by atoms with Crippen molar-refractivity contribution in [1.82, 2.24) is 10.2 Å². The molecule has 24 heavy (non-hydrogen) atoms. The van der Waals surface area contributed by atoms with Crippen LogP contribution in [0.4, 0.5) is 10.5 Å². The zero-order valence-electron chi connectivity index (χ0n) is 15.3. The van der Waals surface area contributed by atoms with Crippen molar-refractivity contribution < 1.29 is 9.59 Å². The number of benzene rings is 1. The molecular weight excluding hydrogens is 302 g/mol. The molecule has 1 aromatic rings. The van der Waals surface area contributed by atoms with Crippen LogP contribution in [-0.2, 0) is 4.79 Å². The fraction of sp³-hybridized carbons (Fsp3) is 0.579. The Morgan fingerprint density at radius 3 is 2.21 bits per heavy atom. The van der Waals surface area contributed by atoms with E-state index in [-0.39, 0.29) is 29.3 Å². The van der Waals surface area contributed by atoms with Crippen molar-refractivity contribution in [3.05, 3.63) is 29.8 Å². The van der Waals surface area contributed by atoms with E-state index in [1.807, 2.05) is 45.0 Å². The number of anilines is 1. The van der Waals surface area contributed by atoms with Crippen LogP contribution < -0.4 is 10.6 Å². The maximum Gasteiger partial charge on any atom is 0.321 e. The topological polar surface area (TPSA) is 61.4 Å². The van der Waals surface area contributed by atoms with E-state index in [0.717, 1.165) is 17.7 Å². The Morgan fingerprint density at radius 2 is 1.75 bits per heavy atom. The average Bonchev–Trinajstić information content (AvgIpc) is 3.18. The molecular formula is C19H29N3O2. The van der Waals surface area contributed by atoms with Crippen LogP contribution in [0.15, 0.2) is 24.3 Å². The van der Waals surface area contributed by atoms with E-state index in [1.165, 1.54) is 0 Å². The highest BCUT2D eigenvalue weighted by atomic mass is 16.2. The molecule has 0 bridgehead atoms. The van der Waals surface area contributed by atoms with Gasteiger partial charge in [0.15, 0.2) is 0 Å². The summed E-state index contributed by atoms with van der Waals surface area (Å²) in [4.78, 5) is 26.0. The molecule has 1 saturated carbocycles. The lowest BCUT2D eigenvalue weighted by Crippen LogP contribution is -2.34. The summed E-state index contributed by atoms with van der Waals surface area (Å²) in [6.45, 7) is 11.5. The first-order valence-electron chi connectivity index (χ1n) is 8.74. The lowest BCUT2D eigenvalue weighted by Gasteiger charge is -2.20. The average molecular weight is 331 g/mol. The van der Waals surface area contributed by atoms with Crippen molar-refractivity contribution in [3.8, 4) is 0 Å². The number of rotatable bonds is 6. The van der Waals surface area contributed by atoms with Gasteiger partial charge in [-0.15, -0.1) is 0 Å². The minimum absolute atomic E-state index is 0.0403. The summed E-state index contributed by atoms with van der Waals surface area (Å²) in [5.41, 5.74) is 1.93. The Kier molecular flexibility index (Phi) is 5.52. The normalized spacial score (nSPS) is 19.3. The highest BCUT2D eigenvalue weighted by Gasteiger charge is 2.50. The first-order valence-corrected chi connectivity index (χ1v) is 8.74. The molecule has 132 valence electrons. The largest absolute Gasteiger partial charge is 0.349 e. The van der Waals surface area contributed by atoms with Crippen molar-refractivity contribution in [1.29, 1.82) is 0 Å². The molecule has 2 N–H and O–H groups in total. The third kappa shape index (κ3) is 4.28. The van der Waals surface area contributed by atoms with Crippen LogP contribution in [0.1, 0.15) is 52.6 Å². The molecule has 1 fully saturated rings. The van der Waals surface area contributed by atoms with Gasteiger partial charge >= 0.3 is 6.03 Å². The minimum atomic E-state index is -0.0925. The summed E-state index contributed by atoms with van der Waals surface area (Å²) in [6, 6.07) is 7.51. The van der Waals surface area contributed by atoms with Crippen LogP contribution in [0.2, 0.25) is 0 Å². The Morgan fingerprint density at radius 1 is 1.21 bits per heavy atom. The summed E-state index contributed by atoms with van der Waals surface area (Å²) in [5.74, 6) is 0.263. The third-order valence-corrected chi connectivity index (χ3v) is 4.90. The third-order valence-electron chi connectivity index (χ3n) is 4.90. The first kappa shape index (κ1) is 18.3. The number of urea groups is 1. The number of hydrogen-bond donors (Lipinski definition) is 2. The molecule has 1 aromatic carbocycles. The number of amides is 3. The van der Waals surface area contributed by atoms with Crippen LogP contribution in [0, 0.1) is 11.3 Å². The fourth-order valence-electron chi connectivity index (χ4n) is 2.88. The highest BCUT2D eigenvalue weighted by Crippen LogP contribution is 2.51.